The predicted molar refractivity (Wildman–Crippen MR) is 87.3 cm³/mol. The van der Waals surface area contributed by atoms with E-state index in [9.17, 15) is 4.79 Å². The highest BCUT2D eigenvalue weighted by Crippen LogP contribution is 2.28. The van der Waals surface area contributed by atoms with Crippen LogP contribution in [-0.4, -0.2) is 35.2 Å². The molecule has 118 valence electrons. The molecule has 1 N–H and O–H groups in total. The molecule has 3 nitrogen and oxygen atoms in total. The van der Waals surface area contributed by atoms with Crippen LogP contribution in [0, 0.1) is 0 Å². The van der Waals surface area contributed by atoms with Gasteiger partial charge in [-0.2, -0.15) is 0 Å². The molecule has 0 aromatic heterocycles. The van der Waals surface area contributed by atoms with Gasteiger partial charge in [0.25, 0.3) is 0 Å². The van der Waals surface area contributed by atoms with Gasteiger partial charge in [-0.25, -0.2) is 0 Å². The summed E-state index contributed by atoms with van der Waals surface area (Å²) in [4.78, 5) is 11.8. The Morgan fingerprint density at radius 3 is 2.60 bits per heavy atom. The van der Waals surface area contributed by atoms with Gasteiger partial charge in [0.1, 0.15) is 5.60 Å². The molecule has 0 amide bonds. The lowest BCUT2D eigenvalue weighted by atomic mass is 10.1. The van der Waals surface area contributed by atoms with Gasteiger partial charge in [-0.3, -0.25) is 4.79 Å². The maximum Gasteiger partial charge on any atom is 0.316 e. The van der Waals surface area contributed by atoms with Crippen molar-refractivity contribution in [2.24, 2.45) is 0 Å². The smallest absolute Gasteiger partial charge is 0.316 e. The molecule has 2 atom stereocenters. The Kier molecular flexibility index (Phi) is 7.96. The van der Waals surface area contributed by atoms with Gasteiger partial charge in [0, 0.05) is 11.3 Å². The lowest BCUT2D eigenvalue weighted by molar-refractivity contribution is -0.151. The first-order valence-electron chi connectivity index (χ1n) is 7.99. The van der Waals surface area contributed by atoms with Crippen molar-refractivity contribution < 1.29 is 9.53 Å². The summed E-state index contributed by atoms with van der Waals surface area (Å²) in [6.45, 7) is 9.05. The average Bonchev–Trinajstić information content (AvgIpc) is 2.56. The minimum Gasteiger partial charge on any atom is -0.459 e. The second-order valence-corrected chi connectivity index (χ2v) is 7.86. The fourth-order valence-corrected chi connectivity index (χ4v) is 3.79. The van der Waals surface area contributed by atoms with E-state index in [0.29, 0.717) is 17.0 Å². The Morgan fingerprint density at radius 1 is 1.25 bits per heavy atom. The number of esters is 1. The molecule has 0 radical (unpaired) electrons. The van der Waals surface area contributed by atoms with Crippen molar-refractivity contribution in [3.63, 3.8) is 0 Å². The van der Waals surface area contributed by atoms with E-state index in [1.807, 2.05) is 20.8 Å². The number of carbonyl (C=O) groups excluding carboxylic acids is 1. The highest BCUT2D eigenvalue weighted by Gasteiger charge is 2.25. The Hall–Kier alpha value is -0.220. The minimum absolute atomic E-state index is 0.0824. The van der Waals surface area contributed by atoms with Crippen molar-refractivity contribution in [3.05, 3.63) is 0 Å². The molecular formula is C16H31NO2S. The quantitative estimate of drug-likeness (QED) is 0.599. The molecule has 1 saturated carbocycles. The number of rotatable bonds is 6. The molecule has 0 spiro atoms. The van der Waals surface area contributed by atoms with Crippen molar-refractivity contribution in [2.75, 3.05) is 12.3 Å². The Balaban J connectivity index is 2.42. The Labute approximate surface area is 128 Å². The predicted octanol–water partition coefficient (Wildman–Crippen LogP) is 3.76. The topological polar surface area (TPSA) is 38.3 Å². The van der Waals surface area contributed by atoms with E-state index in [-0.39, 0.29) is 11.6 Å². The average molecular weight is 301 g/mol. The SMILES string of the molecule is CCCNC1CCCCCC1SCC(=O)OC(C)(C)C. The summed E-state index contributed by atoms with van der Waals surface area (Å²) in [5, 5.41) is 4.21. The molecule has 1 fully saturated rings. The van der Waals surface area contributed by atoms with Crippen LogP contribution in [-0.2, 0) is 9.53 Å². The third kappa shape index (κ3) is 7.53. The van der Waals surface area contributed by atoms with Crippen molar-refractivity contribution in [1.29, 1.82) is 0 Å². The highest BCUT2D eigenvalue weighted by molar-refractivity contribution is 8.00. The third-order valence-electron chi connectivity index (χ3n) is 3.44. The molecule has 0 bridgehead atoms. The lowest BCUT2D eigenvalue weighted by Gasteiger charge is -2.26. The number of hydrogen-bond donors (Lipinski definition) is 1. The number of ether oxygens (including phenoxy) is 1. The van der Waals surface area contributed by atoms with Crippen LogP contribution in [0.15, 0.2) is 0 Å². The van der Waals surface area contributed by atoms with Gasteiger partial charge in [-0.15, -0.1) is 11.8 Å². The van der Waals surface area contributed by atoms with Crippen molar-refractivity contribution in [3.8, 4) is 0 Å². The van der Waals surface area contributed by atoms with Crippen LogP contribution in [0.5, 0.6) is 0 Å². The van der Waals surface area contributed by atoms with Gasteiger partial charge in [0.05, 0.1) is 5.75 Å². The van der Waals surface area contributed by atoms with Crippen LogP contribution >= 0.6 is 11.8 Å². The lowest BCUT2D eigenvalue weighted by Crippen LogP contribution is -2.38. The van der Waals surface area contributed by atoms with Crippen LogP contribution in [0.2, 0.25) is 0 Å². The maximum atomic E-state index is 11.8. The third-order valence-corrected chi connectivity index (χ3v) is 4.84. The fourth-order valence-electron chi connectivity index (χ4n) is 2.58. The first-order valence-corrected chi connectivity index (χ1v) is 9.04. The summed E-state index contributed by atoms with van der Waals surface area (Å²) in [6.07, 6.45) is 7.55. The summed E-state index contributed by atoms with van der Waals surface area (Å²) < 4.78 is 5.40. The van der Waals surface area contributed by atoms with Crippen LogP contribution in [0.1, 0.15) is 66.2 Å². The second-order valence-electron chi connectivity index (χ2n) is 6.63. The normalized spacial score (nSPS) is 24.2. The molecule has 1 aliphatic carbocycles. The standard InChI is InChI=1S/C16H31NO2S/c1-5-11-17-13-9-7-6-8-10-14(13)20-12-15(18)19-16(2,3)4/h13-14,17H,5-12H2,1-4H3. The van der Waals surface area contributed by atoms with E-state index in [2.05, 4.69) is 12.2 Å². The molecule has 0 aromatic rings. The highest BCUT2D eigenvalue weighted by atomic mass is 32.2. The largest absolute Gasteiger partial charge is 0.459 e. The number of thioether (sulfide) groups is 1. The zero-order valence-corrected chi connectivity index (χ0v) is 14.4. The van der Waals surface area contributed by atoms with E-state index in [4.69, 9.17) is 4.74 Å². The molecular weight excluding hydrogens is 270 g/mol. The summed E-state index contributed by atoms with van der Waals surface area (Å²) in [6, 6.07) is 0.560. The molecule has 0 aliphatic heterocycles. The summed E-state index contributed by atoms with van der Waals surface area (Å²) in [7, 11) is 0. The molecule has 0 aromatic carbocycles. The van der Waals surface area contributed by atoms with Crippen LogP contribution < -0.4 is 5.32 Å². The van der Waals surface area contributed by atoms with Crippen molar-refractivity contribution in [2.45, 2.75) is 83.1 Å². The van der Waals surface area contributed by atoms with Gasteiger partial charge in [-0.05, 0) is 46.6 Å². The van der Waals surface area contributed by atoms with E-state index >= 15 is 0 Å². The molecule has 0 saturated heterocycles. The van der Waals surface area contributed by atoms with E-state index in [1.54, 1.807) is 11.8 Å². The van der Waals surface area contributed by atoms with Gasteiger partial charge in [-0.1, -0.05) is 26.2 Å². The second kappa shape index (κ2) is 8.93. The van der Waals surface area contributed by atoms with E-state index in [1.165, 1.54) is 38.5 Å². The minimum atomic E-state index is -0.374. The van der Waals surface area contributed by atoms with E-state index < -0.39 is 0 Å². The first-order chi connectivity index (χ1) is 9.42. The first kappa shape index (κ1) is 17.8. The maximum absolute atomic E-state index is 11.8. The zero-order valence-electron chi connectivity index (χ0n) is 13.5. The van der Waals surface area contributed by atoms with Crippen LogP contribution in [0.4, 0.5) is 0 Å². The molecule has 0 heterocycles. The van der Waals surface area contributed by atoms with Gasteiger partial charge in [0.2, 0.25) is 0 Å². The summed E-state index contributed by atoms with van der Waals surface area (Å²) >= 11 is 1.78. The summed E-state index contributed by atoms with van der Waals surface area (Å²) in [5.74, 6) is 0.396. The Bertz CT molecular complexity index is 289. The van der Waals surface area contributed by atoms with E-state index in [0.717, 1.165) is 6.54 Å². The van der Waals surface area contributed by atoms with Crippen molar-refractivity contribution >= 4 is 17.7 Å². The van der Waals surface area contributed by atoms with Crippen molar-refractivity contribution in [1.82, 2.24) is 5.32 Å². The van der Waals surface area contributed by atoms with Gasteiger partial charge >= 0.3 is 5.97 Å². The molecule has 20 heavy (non-hydrogen) atoms. The summed E-state index contributed by atoms with van der Waals surface area (Å²) in [5.41, 5.74) is -0.374. The fraction of sp³-hybridized carbons (Fsp3) is 0.938. The number of hydrogen-bond acceptors (Lipinski definition) is 4. The van der Waals surface area contributed by atoms with Gasteiger partial charge < -0.3 is 10.1 Å². The zero-order chi connectivity index (χ0) is 15.0. The van der Waals surface area contributed by atoms with Gasteiger partial charge in [0.15, 0.2) is 0 Å². The monoisotopic (exact) mass is 301 g/mol. The molecule has 1 aliphatic rings. The van der Waals surface area contributed by atoms with Crippen LogP contribution in [0.3, 0.4) is 0 Å². The molecule has 1 rings (SSSR count). The molecule has 4 heteroatoms. The molecule has 2 unspecified atom stereocenters. The Morgan fingerprint density at radius 2 is 1.95 bits per heavy atom. The number of carbonyl (C=O) groups is 1. The van der Waals surface area contributed by atoms with Crippen LogP contribution in [0.25, 0.3) is 0 Å². The number of nitrogens with one attached hydrogen (secondary N) is 1.